The summed E-state index contributed by atoms with van der Waals surface area (Å²) in [5, 5.41) is 19.8. The fourth-order valence-electron chi connectivity index (χ4n) is 4.16. The Morgan fingerprint density at radius 2 is 1.16 bits per heavy atom. The van der Waals surface area contributed by atoms with Crippen LogP contribution in [0.15, 0.2) is 91.0 Å². The number of rotatable bonds is 17. The Morgan fingerprint density at radius 1 is 0.644 bits per heavy atom. The average molecular weight is 619 g/mol. The zero-order chi connectivity index (χ0) is 32.3. The fourth-order valence-corrected chi connectivity index (χ4v) is 4.16. The molecule has 0 heterocycles. The molecule has 0 aromatic heterocycles. The lowest BCUT2D eigenvalue weighted by Gasteiger charge is -2.18. The van der Waals surface area contributed by atoms with Gasteiger partial charge in [-0.1, -0.05) is 78.9 Å². The second kappa shape index (κ2) is 19.0. The number of carbonyl (C=O) groups excluding carboxylic acids is 4. The Hall–Kier alpha value is -5.39. The van der Waals surface area contributed by atoms with Crippen LogP contribution in [0.2, 0.25) is 0 Å². The number of unbranched alkanes of at least 4 members (excludes halogenated alkanes) is 1. The highest BCUT2D eigenvalue weighted by Gasteiger charge is 2.23. The second-order valence-corrected chi connectivity index (χ2v) is 10.1. The molecule has 0 bridgehead atoms. The Balaban J connectivity index is 1.39. The molecule has 3 rings (SSSR count). The monoisotopic (exact) mass is 618 g/mol. The first-order valence-electron chi connectivity index (χ1n) is 14.6. The van der Waals surface area contributed by atoms with Gasteiger partial charge in [-0.15, -0.1) is 0 Å². The average Bonchev–Trinajstić information content (AvgIpc) is 3.05. The first kappa shape index (κ1) is 34.1. The number of carbonyl (C=O) groups is 5. The van der Waals surface area contributed by atoms with E-state index in [0.717, 1.165) is 11.1 Å². The molecule has 0 saturated heterocycles. The smallest absolute Gasteiger partial charge is 0.408 e. The summed E-state index contributed by atoms with van der Waals surface area (Å²) in [5.41, 5.74) is 2.14. The minimum absolute atomic E-state index is 0.0152. The number of carboxylic acid groups (broad SMARTS) is 1. The summed E-state index contributed by atoms with van der Waals surface area (Å²) in [6.07, 6.45) is -0.621. The summed E-state index contributed by atoms with van der Waals surface area (Å²) in [4.78, 5) is 61.3. The number of aliphatic carboxylic acids is 1. The van der Waals surface area contributed by atoms with Gasteiger partial charge in [-0.3, -0.25) is 9.59 Å². The van der Waals surface area contributed by atoms with Crippen LogP contribution in [0.25, 0.3) is 0 Å². The highest BCUT2D eigenvalue weighted by molar-refractivity contribution is 5.96. The molecule has 4 amide bonds. The number of hydrogen-bond acceptors (Lipinski definition) is 7. The third kappa shape index (κ3) is 13.6. The first-order valence-corrected chi connectivity index (χ1v) is 14.6. The van der Waals surface area contributed by atoms with Crippen molar-refractivity contribution >= 4 is 35.7 Å². The van der Waals surface area contributed by atoms with Gasteiger partial charge in [0.15, 0.2) is 0 Å². The van der Waals surface area contributed by atoms with Crippen LogP contribution in [0.1, 0.15) is 43.2 Å². The van der Waals surface area contributed by atoms with E-state index in [0.29, 0.717) is 18.5 Å². The molecule has 238 valence electrons. The van der Waals surface area contributed by atoms with Crippen LogP contribution in [0, 0.1) is 0 Å². The van der Waals surface area contributed by atoms with E-state index in [1.165, 1.54) is 0 Å². The third-order valence-electron chi connectivity index (χ3n) is 6.57. The third-order valence-corrected chi connectivity index (χ3v) is 6.57. The zero-order valence-electron chi connectivity index (χ0n) is 24.8. The van der Waals surface area contributed by atoms with Crippen molar-refractivity contribution in [1.29, 1.82) is 0 Å². The number of para-hydroxylation sites is 1. The molecular weight excluding hydrogens is 580 g/mol. The Labute approximate surface area is 261 Å². The molecule has 12 nitrogen and oxygen atoms in total. The number of alkyl carbamates (subject to hydrolysis) is 2. The van der Waals surface area contributed by atoms with Gasteiger partial charge in [0, 0.05) is 18.7 Å². The highest BCUT2D eigenvalue weighted by atomic mass is 16.6. The molecule has 0 aliphatic carbocycles. The van der Waals surface area contributed by atoms with Crippen molar-refractivity contribution < 1.29 is 38.6 Å². The molecular formula is C33H38N4O8. The molecule has 3 aromatic carbocycles. The summed E-state index contributed by atoms with van der Waals surface area (Å²) < 4.78 is 10.3. The maximum atomic E-state index is 13.0. The molecule has 45 heavy (non-hydrogen) atoms. The molecule has 0 spiro atoms. The van der Waals surface area contributed by atoms with E-state index in [1.807, 2.05) is 42.5 Å². The Morgan fingerprint density at radius 3 is 1.69 bits per heavy atom. The van der Waals surface area contributed by atoms with Crippen molar-refractivity contribution in [3.05, 3.63) is 102 Å². The van der Waals surface area contributed by atoms with Gasteiger partial charge in [0.1, 0.15) is 25.3 Å². The van der Waals surface area contributed by atoms with Gasteiger partial charge in [-0.2, -0.15) is 0 Å². The molecule has 5 N–H and O–H groups in total. The van der Waals surface area contributed by atoms with E-state index in [4.69, 9.17) is 9.47 Å². The van der Waals surface area contributed by atoms with Gasteiger partial charge in [-0.05, 0) is 48.9 Å². The fraction of sp³-hybridized carbons (Fsp3) is 0.303. The summed E-state index contributed by atoms with van der Waals surface area (Å²) in [5.74, 6) is -2.08. The molecule has 2 atom stereocenters. The van der Waals surface area contributed by atoms with Crippen molar-refractivity contribution in [1.82, 2.24) is 16.0 Å². The Bertz CT molecular complexity index is 1370. The van der Waals surface area contributed by atoms with E-state index in [2.05, 4.69) is 21.3 Å². The molecule has 0 aliphatic heterocycles. The van der Waals surface area contributed by atoms with Crippen LogP contribution >= 0.6 is 0 Å². The van der Waals surface area contributed by atoms with Crippen LogP contribution in [0.5, 0.6) is 0 Å². The lowest BCUT2D eigenvalue weighted by Crippen LogP contribution is -2.44. The van der Waals surface area contributed by atoms with Gasteiger partial charge in [0.25, 0.3) is 0 Å². The van der Waals surface area contributed by atoms with Crippen molar-refractivity contribution in [2.45, 2.75) is 57.4 Å². The zero-order valence-corrected chi connectivity index (χ0v) is 24.8. The SMILES string of the molecule is O=C(CC[C@H](NC(=O)OCc1ccccc1)C(=O)O)NCCCC[C@H](NC(=O)OCc1ccccc1)C(=O)Nc1ccccc1. The summed E-state index contributed by atoms with van der Waals surface area (Å²) >= 11 is 0. The summed E-state index contributed by atoms with van der Waals surface area (Å²) in [7, 11) is 0. The topological polar surface area (TPSA) is 172 Å². The van der Waals surface area contributed by atoms with Crippen molar-refractivity contribution in [3.8, 4) is 0 Å². The van der Waals surface area contributed by atoms with Crippen LogP contribution < -0.4 is 21.3 Å². The number of amides is 4. The molecule has 12 heteroatoms. The highest BCUT2D eigenvalue weighted by Crippen LogP contribution is 2.10. The minimum atomic E-state index is -1.30. The maximum Gasteiger partial charge on any atom is 0.408 e. The molecule has 0 radical (unpaired) electrons. The summed E-state index contributed by atoms with van der Waals surface area (Å²) in [6, 6.07) is 24.8. The number of anilines is 1. The number of nitrogens with one attached hydrogen (secondary N) is 4. The van der Waals surface area contributed by atoms with E-state index >= 15 is 0 Å². The minimum Gasteiger partial charge on any atom is -0.480 e. The van der Waals surface area contributed by atoms with Gasteiger partial charge < -0.3 is 35.8 Å². The van der Waals surface area contributed by atoms with E-state index < -0.39 is 36.1 Å². The lowest BCUT2D eigenvalue weighted by molar-refractivity contribution is -0.139. The van der Waals surface area contributed by atoms with Gasteiger partial charge in [0.2, 0.25) is 11.8 Å². The predicted molar refractivity (Wildman–Crippen MR) is 166 cm³/mol. The number of ether oxygens (including phenoxy) is 2. The number of benzene rings is 3. The normalized spacial score (nSPS) is 11.7. The van der Waals surface area contributed by atoms with E-state index in [1.54, 1.807) is 48.5 Å². The molecule has 3 aromatic rings. The molecule has 0 aliphatic rings. The standard InChI is InChI=1S/C33H38N4O8/c38-29(20-19-28(31(40)41)37-33(43)45-23-25-14-6-2-7-15-25)34-21-11-10-18-27(30(39)35-26-16-8-3-9-17-26)36-32(42)44-22-24-12-4-1-5-13-24/h1-9,12-17,27-28H,10-11,18-23H2,(H,34,38)(H,35,39)(H,36,42)(H,37,43)(H,40,41)/t27-,28-/m0/s1. The predicted octanol–water partition coefficient (Wildman–Crippen LogP) is 4.37. The van der Waals surface area contributed by atoms with Gasteiger partial charge >= 0.3 is 18.2 Å². The van der Waals surface area contributed by atoms with Crippen LogP contribution in [0.4, 0.5) is 15.3 Å². The largest absolute Gasteiger partial charge is 0.480 e. The maximum absolute atomic E-state index is 13.0. The number of hydrogen-bond donors (Lipinski definition) is 5. The molecule has 0 fully saturated rings. The van der Waals surface area contributed by atoms with Crippen molar-refractivity contribution in [2.24, 2.45) is 0 Å². The van der Waals surface area contributed by atoms with Crippen LogP contribution in [0.3, 0.4) is 0 Å². The van der Waals surface area contributed by atoms with Crippen molar-refractivity contribution in [2.75, 3.05) is 11.9 Å². The number of carboxylic acids is 1. The lowest BCUT2D eigenvalue weighted by atomic mass is 10.1. The Kier molecular flexibility index (Phi) is 14.4. The first-order chi connectivity index (χ1) is 21.8. The van der Waals surface area contributed by atoms with Crippen LogP contribution in [-0.2, 0) is 37.1 Å². The van der Waals surface area contributed by atoms with E-state index in [9.17, 15) is 29.1 Å². The van der Waals surface area contributed by atoms with Crippen LogP contribution in [-0.4, -0.2) is 53.7 Å². The van der Waals surface area contributed by atoms with Gasteiger partial charge in [0.05, 0.1) is 0 Å². The molecule has 0 unspecified atom stereocenters. The summed E-state index contributed by atoms with van der Waals surface area (Å²) in [6.45, 7) is 0.312. The van der Waals surface area contributed by atoms with E-state index in [-0.39, 0.29) is 44.9 Å². The second-order valence-electron chi connectivity index (χ2n) is 10.1. The van der Waals surface area contributed by atoms with Gasteiger partial charge in [-0.25, -0.2) is 14.4 Å². The van der Waals surface area contributed by atoms with Crippen molar-refractivity contribution in [3.63, 3.8) is 0 Å². The quantitative estimate of drug-likeness (QED) is 0.139. The molecule has 0 saturated carbocycles.